The average Bonchev–Trinajstić information content (AvgIpc) is 3.57. The monoisotopic (exact) mass is 569 g/mol. The molecule has 5 N–H and O–H groups in total. The van der Waals surface area contributed by atoms with E-state index < -0.39 is 30.2 Å². The van der Waals surface area contributed by atoms with Crippen LogP contribution in [0.1, 0.15) is 5.56 Å². The van der Waals surface area contributed by atoms with Gasteiger partial charge >= 0.3 is 18.3 Å². The second-order valence-electron chi connectivity index (χ2n) is 8.59. The van der Waals surface area contributed by atoms with E-state index in [-0.39, 0.29) is 11.4 Å². The molecule has 12 nitrogen and oxygen atoms in total. The SMILES string of the molecule is COC(=O)NC1Nc2cc(Oc3ccc(NC(=O)Nc4cc(C(F)(F)F)ccc4-n4cccn4)cc3)ccc2N1O. The minimum Gasteiger partial charge on any atom is -0.457 e. The van der Waals surface area contributed by atoms with Crippen molar-refractivity contribution in [2.24, 2.45) is 0 Å². The number of hydrogen-bond acceptors (Lipinski definition) is 8. The highest BCUT2D eigenvalue weighted by molar-refractivity contribution is 6.01. The second kappa shape index (κ2) is 11.0. The van der Waals surface area contributed by atoms with Crippen molar-refractivity contribution in [3.63, 3.8) is 0 Å². The molecule has 0 saturated heterocycles. The van der Waals surface area contributed by atoms with E-state index in [4.69, 9.17) is 4.74 Å². The normalized spacial score (nSPS) is 14.1. The zero-order chi connectivity index (χ0) is 29.1. The van der Waals surface area contributed by atoms with Crippen LogP contribution in [0.5, 0.6) is 11.5 Å². The molecule has 4 aromatic rings. The predicted molar refractivity (Wildman–Crippen MR) is 141 cm³/mol. The Hall–Kier alpha value is -5.44. The van der Waals surface area contributed by atoms with E-state index in [9.17, 15) is 28.0 Å². The van der Waals surface area contributed by atoms with Gasteiger partial charge in [-0.2, -0.15) is 18.3 Å². The molecular weight excluding hydrogens is 547 g/mol. The van der Waals surface area contributed by atoms with Crippen LogP contribution >= 0.6 is 0 Å². The fraction of sp³-hybridized carbons (Fsp3) is 0.115. The highest BCUT2D eigenvalue weighted by atomic mass is 19.4. The molecule has 1 aromatic heterocycles. The number of ether oxygens (including phenoxy) is 2. The number of alkyl halides is 3. The molecule has 1 aliphatic rings. The third kappa shape index (κ3) is 6.09. The Labute approximate surface area is 230 Å². The Morgan fingerprint density at radius 3 is 2.41 bits per heavy atom. The van der Waals surface area contributed by atoms with Crippen molar-refractivity contribution in [1.82, 2.24) is 15.1 Å². The lowest BCUT2D eigenvalue weighted by atomic mass is 10.1. The van der Waals surface area contributed by atoms with Crippen LogP contribution in [0.2, 0.25) is 0 Å². The summed E-state index contributed by atoms with van der Waals surface area (Å²) < 4.78 is 51.6. The average molecular weight is 570 g/mol. The molecule has 15 heteroatoms. The summed E-state index contributed by atoms with van der Waals surface area (Å²) in [6.07, 6.45) is -3.26. The summed E-state index contributed by atoms with van der Waals surface area (Å²) in [6.45, 7) is 0. The number of benzene rings is 3. The number of nitrogens with one attached hydrogen (secondary N) is 4. The standard InChI is InChI=1S/C26H22F3N7O5/c1-40-25(38)34-23-32-20-14-18(8-10-22(20)36(23)39)41-17-6-4-16(5-7-17)31-24(37)33-19-13-15(26(27,28)29)3-9-21(19)35-12-2-11-30-35/h2-14,23,32,39H,1H3,(H,34,38)(H2,31,33,37). The molecule has 1 unspecified atom stereocenters. The number of anilines is 4. The van der Waals surface area contributed by atoms with Gasteiger partial charge in [0.25, 0.3) is 0 Å². The second-order valence-corrected chi connectivity index (χ2v) is 8.59. The molecular formula is C26H22F3N7O5. The van der Waals surface area contributed by atoms with Gasteiger partial charge in [0.15, 0.2) is 0 Å². The first-order chi connectivity index (χ1) is 19.6. The first-order valence-electron chi connectivity index (χ1n) is 11.9. The van der Waals surface area contributed by atoms with Crippen molar-refractivity contribution in [2.45, 2.75) is 12.5 Å². The summed E-state index contributed by atoms with van der Waals surface area (Å²) in [4.78, 5) is 24.1. The number of nitrogens with zero attached hydrogens (tertiary/aromatic N) is 3. The van der Waals surface area contributed by atoms with Crippen molar-refractivity contribution in [2.75, 3.05) is 28.1 Å². The van der Waals surface area contributed by atoms with E-state index in [0.717, 1.165) is 17.2 Å². The fourth-order valence-electron chi connectivity index (χ4n) is 3.96. The summed E-state index contributed by atoms with van der Waals surface area (Å²) in [5, 5.41) is 25.5. The third-order valence-corrected chi connectivity index (χ3v) is 5.86. The molecule has 0 saturated carbocycles. The number of halogens is 3. The number of fused-ring (bicyclic) bond motifs is 1. The number of urea groups is 1. The molecule has 0 bridgehead atoms. The molecule has 0 spiro atoms. The van der Waals surface area contributed by atoms with Gasteiger partial charge in [-0.25, -0.2) is 19.3 Å². The molecule has 1 atom stereocenters. The molecule has 41 heavy (non-hydrogen) atoms. The molecule has 0 fully saturated rings. The van der Waals surface area contributed by atoms with Gasteiger partial charge in [0, 0.05) is 24.1 Å². The summed E-state index contributed by atoms with van der Waals surface area (Å²) in [5.74, 6) is 0.829. The predicted octanol–water partition coefficient (Wildman–Crippen LogP) is 5.59. The van der Waals surface area contributed by atoms with Crippen molar-refractivity contribution in [3.05, 3.63) is 84.7 Å². The van der Waals surface area contributed by atoms with Crippen molar-refractivity contribution in [1.29, 1.82) is 0 Å². The van der Waals surface area contributed by atoms with Gasteiger partial charge in [-0.15, -0.1) is 0 Å². The van der Waals surface area contributed by atoms with Crippen molar-refractivity contribution >= 4 is 34.9 Å². The number of carbonyl (C=O) groups excluding carboxylic acids is 2. The van der Waals surface area contributed by atoms with E-state index in [0.29, 0.717) is 28.6 Å². The molecule has 5 rings (SSSR count). The number of aromatic nitrogens is 2. The van der Waals surface area contributed by atoms with Gasteiger partial charge in [-0.1, -0.05) is 0 Å². The minimum absolute atomic E-state index is 0.0864. The summed E-state index contributed by atoms with van der Waals surface area (Å²) in [5.41, 5.74) is 0.491. The summed E-state index contributed by atoms with van der Waals surface area (Å²) >= 11 is 0. The van der Waals surface area contributed by atoms with E-state index >= 15 is 0 Å². The van der Waals surface area contributed by atoms with Gasteiger partial charge < -0.3 is 25.4 Å². The van der Waals surface area contributed by atoms with Gasteiger partial charge in [0.2, 0.25) is 6.29 Å². The summed E-state index contributed by atoms with van der Waals surface area (Å²) in [7, 11) is 1.20. The van der Waals surface area contributed by atoms with Crippen LogP contribution in [0.4, 0.5) is 45.5 Å². The Kier molecular flexibility index (Phi) is 7.26. The van der Waals surface area contributed by atoms with Gasteiger partial charge in [0.05, 0.1) is 35.4 Å². The molecule has 3 aromatic carbocycles. The Bertz CT molecular complexity index is 1560. The molecule has 1 aliphatic heterocycles. The number of rotatable bonds is 6. The minimum atomic E-state index is -4.60. The zero-order valence-corrected chi connectivity index (χ0v) is 21.1. The molecule has 0 radical (unpaired) electrons. The summed E-state index contributed by atoms with van der Waals surface area (Å²) in [6, 6.07) is 14.9. The Morgan fingerprint density at radius 2 is 1.73 bits per heavy atom. The van der Waals surface area contributed by atoms with Crippen molar-refractivity contribution < 1.29 is 37.4 Å². The molecule has 2 heterocycles. The van der Waals surface area contributed by atoms with Crippen molar-refractivity contribution in [3.8, 4) is 17.2 Å². The van der Waals surface area contributed by atoms with E-state index in [1.165, 1.54) is 24.1 Å². The fourth-order valence-corrected chi connectivity index (χ4v) is 3.96. The Balaban J connectivity index is 1.24. The van der Waals surface area contributed by atoms with Gasteiger partial charge in [-0.3, -0.25) is 10.5 Å². The van der Waals surface area contributed by atoms with Crippen LogP contribution in [0, 0.1) is 0 Å². The highest BCUT2D eigenvalue weighted by Crippen LogP contribution is 2.37. The molecule has 212 valence electrons. The quantitative estimate of drug-likeness (QED) is 0.202. The largest absolute Gasteiger partial charge is 0.457 e. The third-order valence-electron chi connectivity index (χ3n) is 5.86. The van der Waals surface area contributed by atoms with Gasteiger partial charge in [0.1, 0.15) is 11.5 Å². The number of carbonyl (C=O) groups is 2. The number of amides is 3. The lowest BCUT2D eigenvalue weighted by Crippen LogP contribution is -2.48. The number of methoxy groups -OCH3 is 1. The van der Waals surface area contributed by atoms with Crippen LogP contribution in [0.25, 0.3) is 5.69 Å². The lowest BCUT2D eigenvalue weighted by Gasteiger charge is -2.19. The zero-order valence-electron chi connectivity index (χ0n) is 21.1. The number of hydroxylamine groups is 1. The van der Waals surface area contributed by atoms with Crippen LogP contribution in [0.3, 0.4) is 0 Å². The van der Waals surface area contributed by atoms with Crippen LogP contribution in [-0.4, -0.2) is 40.5 Å². The van der Waals surface area contributed by atoms with Crippen LogP contribution in [0.15, 0.2) is 79.1 Å². The first kappa shape index (κ1) is 27.1. The maximum absolute atomic E-state index is 13.3. The lowest BCUT2D eigenvalue weighted by molar-refractivity contribution is -0.137. The molecule has 0 aliphatic carbocycles. The molecule has 3 amide bonds. The number of alkyl carbamates (subject to hydrolysis) is 1. The van der Waals surface area contributed by atoms with Gasteiger partial charge in [-0.05, 0) is 60.7 Å². The highest BCUT2D eigenvalue weighted by Gasteiger charge is 2.32. The maximum atomic E-state index is 13.3. The topological polar surface area (TPSA) is 142 Å². The first-order valence-corrected chi connectivity index (χ1v) is 11.9. The van der Waals surface area contributed by atoms with E-state index in [2.05, 4.69) is 31.1 Å². The maximum Gasteiger partial charge on any atom is 0.416 e. The van der Waals surface area contributed by atoms with Crippen LogP contribution < -0.4 is 31.1 Å². The smallest absolute Gasteiger partial charge is 0.416 e. The Morgan fingerprint density at radius 1 is 1.00 bits per heavy atom. The van der Waals surface area contributed by atoms with E-state index in [1.54, 1.807) is 54.7 Å². The number of hydrogen-bond donors (Lipinski definition) is 5. The van der Waals surface area contributed by atoms with E-state index in [1.807, 2.05) is 0 Å². The van der Waals surface area contributed by atoms with Crippen LogP contribution in [-0.2, 0) is 10.9 Å².